The van der Waals surface area contributed by atoms with Crippen LogP contribution in [0.4, 0.5) is 5.69 Å². The van der Waals surface area contributed by atoms with Crippen molar-refractivity contribution < 1.29 is 9.53 Å². The molecule has 1 unspecified atom stereocenters. The van der Waals surface area contributed by atoms with Gasteiger partial charge in [0.25, 0.3) is 0 Å². The Morgan fingerprint density at radius 1 is 1.35 bits per heavy atom. The molecule has 1 aliphatic heterocycles. The molecule has 4 rings (SSSR count). The number of hydrogen-bond donors (Lipinski definition) is 1. The summed E-state index contributed by atoms with van der Waals surface area (Å²) in [5.74, 6) is 0.476. The molecule has 2 heterocycles. The van der Waals surface area contributed by atoms with E-state index < -0.39 is 0 Å². The smallest absolute Gasteiger partial charge is 0.235 e. The zero-order valence-corrected chi connectivity index (χ0v) is 12.8. The molecule has 23 heavy (non-hydrogen) atoms. The van der Waals surface area contributed by atoms with Crippen molar-refractivity contribution in [3.63, 3.8) is 0 Å². The van der Waals surface area contributed by atoms with Crippen LogP contribution in [0.5, 0.6) is 5.75 Å². The third-order valence-corrected chi connectivity index (χ3v) is 4.16. The van der Waals surface area contributed by atoms with Gasteiger partial charge in [-0.2, -0.15) is 5.10 Å². The lowest BCUT2D eigenvalue weighted by molar-refractivity contribution is -0.117. The Morgan fingerprint density at radius 3 is 3.09 bits per heavy atom. The summed E-state index contributed by atoms with van der Waals surface area (Å²) in [5.41, 5.74) is 2.59. The van der Waals surface area contributed by atoms with Crippen molar-refractivity contribution in [2.75, 3.05) is 11.9 Å². The molecule has 0 saturated carbocycles. The number of benzene rings is 2. The number of aromatic nitrogens is 2. The van der Waals surface area contributed by atoms with Crippen molar-refractivity contribution in [1.29, 1.82) is 0 Å². The molecule has 116 valence electrons. The number of para-hydroxylation sites is 1. The van der Waals surface area contributed by atoms with Crippen molar-refractivity contribution >= 4 is 22.5 Å². The molecule has 0 saturated heterocycles. The highest BCUT2D eigenvalue weighted by Gasteiger charge is 2.30. The van der Waals surface area contributed by atoms with Gasteiger partial charge in [-0.15, -0.1) is 0 Å². The van der Waals surface area contributed by atoms with Crippen molar-refractivity contribution in [1.82, 2.24) is 9.78 Å². The van der Waals surface area contributed by atoms with E-state index in [1.165, 1.54) is 0 Å². The van der Waals surface area contributed by atoms with Crippen LogP contribution in [0, 0.1) is 0 Å². The lowest BCUT2D eigenvalue weighted by Crippen LogP contribution is -2.22. The molecule has 5 nitrogen and oxygen atoms in total. The van der Waals surface area contributed by atoms with E-state index in [4.69, 9.17) is 4.74 Å². The lowest BCUT2D eigenvalue weighted by Gasteiger charge is -2.10. The van der Waals surface area contributed by atoms with Crippen LogP contribution < -0.4 is 10.1 Å². The Kier molecular flexibility index (Phi) is 3.26. The fourth-order valence-corrected chi connectivity index (χ4v) is 2.92. The number of carbonyl (C=O) groups is 1. The first kappa shape index (κ1) is 13.8. The topological polar surface area (TPSA) is 56.2 Å². The van der Waals surface area contributed by atoms with E-state index in [2.05, 4.69) is 10.4 Å². The van der Waals surface area contributed by atoms with Gasteiger partial charge in [-0.1, -0.05) is 18.2 Å². The van der Waals surface area contributed by atoms with Crippen molar-refractivity contribution in [3.8, 4) is 5.75 Å². The van der Waals surface area contributed by atoms with E-state index in [9.17, 15) is 4.79 Å². The predicted molar refractivity (Wildman–Crippen MR) is 88.7 cm³/mol. The molecular formula is C18H17N3O2. The van der Waals surface area contributed by atoms with E-state index >= 15 is 0 Å². The zero-order chi connectivity index (χ0) is 15.8. The van der Waals surface area contributed by atoms with Gasteiger partial charge >= 0.3 is 0 Å². The van der Waals surface area contributed by atoms with Crippen molar-refractivity contribution in [2.24, 2.45) is 0 Å². The van der Waals surface area contributed by atoms with Gasteiger partial charge in [-0.05, 0) is 31.2 Å². The van der Waals surface area contributed by atoms with E-state index in [0.29, 0.717) is 6.61 Å². The highest BCUT2D eigenvalue weighted by atomic mass is 16.5. The summed E-state index contributed by atoms with van der Waals surface area (Å²) in [4.78, 5) is 12.6. The standard InChI is InChI=1S/C18H17N3O2/c1-2-21-10-12-7-8-13(9-16(12)20-21)19-18(22)15-11-23-17-6-4-3-5-14(15)17/h3-10,15H,2,11H2,1H3,(H,19,22). The minimum Gasteiger partial charge on any atom is -0.492 e. The average molecular weight is 307 g/mol. The molecule has 1 aromatic heterocycles. The number of amides is 1. The van der Waals surface area contributed by atoms with Crippen LogP contribution in [0.25, 0.3) is 10.9 Å². The summed E-state index contributed by atoms with van der Waals surface area (Å²) in [6.45, 7) is 3.26. The van der Waals surface area contributed by atoms with Crippen LogP contribution in [0.3, 0.4) is 0 Å². The normalized spacial score (nSPS) is 16.1. The number of hydrogen-bond acceptors (Lipinski definition) is 3. The number of nitrogens with one attached hydrogen (secondary N) is 1. The molecule has 1 amide bonds. The van der Waals surface area contributed by atoms with Crippen LogP contribution in [-0.4, -0.2) is 22.3 Å². The van der Waals surface area contributed by atoms with Gasteiger partial charge < -0.3 is 10.1 Å². The number of carbonyl (C=O) groups excluding carboxylic acids is 1. The average Bonchev–Trinajstić information content (AvgIpc) is 3.18. The maximum atomic E-state index is 12.6. The molecule has 0 spiro atoms. The highest BCUT2D eigenvalue weighted by Crippen LogP contribution is 2.34. The lowest BCUT2D eigenvalue weighted by atomic mass is 10.0. The van der Waals surface area contributed by atoms with E-state index in [1.54, 1.807) is 0 Å². The molecule has 2 aromatic carbocycles. The molecule has 0 radical (unpaired) electrons. The van der Waals surface area contributed by atoms with Crippen LogP contribution in [-0.2, 0) is 11.3 Å². The third kappa shape index (κ3) is 2.44. The molecule has 0 aliphatic carbocycles. The van der Waals surface area contributed by atoms with Crippen LogP contribution >= 0.6 is 0 Å². The van der Waals surface area contributed by atoms with Crippen LogP contribution in [0.1, 0.15) is 18.4 Å². The maximum Gasteiger partial charge on any atom is 0.235 e. The second kappa shape index (κ2) is 5.43. The highest BCUT2D eigenvalue weighted by molar-refractivity contribution is 5.98. The summed E-state index contributed by atoms with van der Waals surface area (Å²) < 4.78 is 7.47. The number of aryl methyl sites for hydroxylation is 1. The zero-order valence-electron chi connectivity index (χ0n) is 12.8. The number of anilines is 1. The van der Waals surface area contributed by atoms with Gasteiger partial charge in [-0.25, -0.2) is 0 Å². The monoisotopic (exact) mass is 307 g/mol. The number of fused-ring (bicyclic) bond motifs is 2. The molecule has 3 aromatic rings. The Morgan fingerprint density at radius 2 is 2.22 bits per heavy atom. The molecule has 1 N–H and O–H groups in total. The maximum absolute atomic E-state index is 12.6. The minimum atomic E-state index is -0.268. The van der Waals surface area contributed by atoms with E-state index in [0.717, 1.165) is 34.4 Å². The van der Waals surface area contributed by atoms with E-state index in [-0.39, 0.29) is 11.8 Å². The Hall–Kier alpha value is -2.82. The first-order valence-electron chi connectivity index (χ1n) is 7.74. The van der Waals surface area contributed by atoms with Gasteiger partial charge in [0.15, 0.2) is 0 Å². The summed E-state index contributed by atoms with van der Waals surface area (Å²) in [5, 5.41) is 8.52. The third-order valence-electron chi connectivity index (χ3n) is 4.16. The van der Waals surface area contributed by atoms with Crippen LogP contribution in [0.2, 0.25) is 0 Å². The molecule has 0 fully saturated rings. The number of nitrogens with zero attached hydrogens (tertiary/aromatic N) is 2. The molecular weight excluding hydrogens is 290 g/mol. The van der Waals surface area contributed by atoms with E-state index in [1.807, 2.05) is 60.3 Å². The summed E-state index contributed by atoms with van der Waals surface area (Å²) in [6.07, 6.45) is 2.00. The fraction of sp³-hybridized carbons (Fsp3) is 0.222. The van der Waals surface area contributed by atoms with Crippen molar-refractivity contribution in [2.45, 2.75) is 19.4 Å². The second-order valence-electron chi connectivity index (χ2n) is 5.65. The summed E-state index contributed by atoms with van der Waals surface area (Å²) >= 11 is 0. The molecule has 0 bridgehead atoms. The summed E-state index contributed by atoms with van der Waals surface area (Å²) in [6, 6.07) is 13.5. The largest absolute Gasteiger partial charge is 0.492 e. The first-order chi connectivity index (χ1) is 11.2. The number of ether oxygens (including phenoxy) is 1. The first-order valence-corrected chi connectivity index (χ1v) is 7.74. The van der Waals surface area contributed by atoms with Gasteiger partial charge in [0, 0.05) is 29.4 Å². The second-order valence-corrected chi connectivity index (χ2v) is 5.65. The Balaban J connectivity index is 1.57. The SMILES string of the molecule is CCn1cc2ccc(NC(=O)C3COc4ccccc43)cc2n1. The minimum absolute atomic E-state index is 0.0516. The Labute approximate surface area is 133 Å². The quantitative estimate of drug-likeness (QED) is 0.808. The van der Waals surface area contributed by atoms with Gasteiger partial charge in [0.1, 0.15) is 18.3 Å². The summed E-state index contributed by atoms with van der Waals surface area (Å²) in [7, 11) is 0. The van der Waals surface area contributed by atoms with Gasteiger partial charge in [0.05, 0.1) is 5.52 Å². The molecule has 5 heteroatoms. The van der Waals surface area contributed by atoms with Crippen LogP contribution in [0.15, 0.2) is 48.7 Å². The Bertz CT molecular complexity index is 885. The fourth-order valence-electron chi connectivity index (χ4n) is 2.92. The van der Waals surface area contributed by atoms with Gasteiger partial charge in [-0.3, -0.25) is 9.48 Å². The van der Waals surface area contributed by atoms with Gasteiger partial charge in [0.2, 0.25) is 5.91 Å². The number of rotatable bonds is 3. The molecule has 1 aliphatic rings. The van der Waals surface area contributed by atoms with Crippen molar-refractivity contribution in [3.05, 3.63) is 54.2 Å². The predicted octanol–water partition coefficient (Wildman–Crippen LogP) is 3.17. The molecule has 1 atom stereocenters.